The van der Waals surface area contributed by atoms with Crippen molar-refractivity contribution in [1.29, 1.82) is 0 Å². The maximum absolute atomic E-state index is 14.3. The van der Waals surface area contributed by atoms with Crippen LogP contribution in [0.15, 0.2) is 18.2 Å². The molecule has 1 amide bonds. The quantitative estimate of drug-likeness (QED) is 0.871. The van der Waals surface area contributed by atoms with Gasteiger partial charge in [-0.3, -0.25) is 9.59 Å². The third-order valence-corrected chi connectivity index (χ3v) is 4.40. The summed E-state index contributed by atoms with van der Waals surface area (Å²) in [6.07, 6.45) is 2.15. The maximum Gasteiger partial charge on any atom is 0.305 e. The summed E-state index contributed by atoms with van der Waals surface area (Å²) >= 11 is 0. The minimum atomic E-state index is -0.981. The Bertz CT molecular complexity index is 824. The number of aromatic nitrogens is 2. The molecule has 2 aromatic rings. The lowest BCUT2D eigenvalue weighted by Crippen LogP contribution is -2.35. The molecule has 25 heavy (non-hydrogen) atoms. The molecule has 0 saturated heterocycles. The van der Waals surface area contributed by atoms with E-state index >= 15 is 0 Å². The second-order valence-electron chi connectivity index (χ2n) is 6.42. The number of nitrogens with one attached hydrogen (secondary N) is 1. The molecular weight excluding hydrogens is 325 g/mol. The van der Waals surface area contributed by atoms with Gasteiger partial charge < -0.3 is 10.4 Å². The first-order valence-corrected chi connectivity index (χ1v) is 8.27. The van der Waals surface area contributed by atoms with E-state index in [1.807, 2.05) is 0 Å². The minimum Gasteiger partial charge on any atom is -0.481 e. The molecule has 7 heteroatoms. The summed E-state index contributed by atoms with van der Waals surface area (Å²) in [6, 6.07) is 4.30. The predicted molar refractivity (Wildman–Crippen MR) is 89.5 cm³/mol. The van der Waals surface area contributed by atoms with Crippen molar-refractivity contribution in [2.75, 3.05) is 0 Å². The standard InChI is InChI=1S/C18H20FN3O3/c1-10-5-3-7-13(19)17(10)22-14-8-4-6-12(14)16(21-22)18(25)20-11(2)9-15(23)24/h3,5,7,11H,4,6,8-9H2,1-2H3,(H,20,25)(H,23,24). The number of carboxylic acid groups (broad SMARTS) is 1. The Labute approximate surface area is 144 Å². The number of hydrogen-bond donors (Lipinski definition) is 2. The Hall–Kier alpha value is -2.70. The van der Waals surface area contributed by atoms with Crippen LogP contribution in [-0.2, 0) is 17.6 Å². The van der Waals surface area contributed by atoms with E-state index < -0.39 is 17.9 Å². The number of carbonyl (C=O) groups excluding carboxylic acids is 1. The molecule has 1 aromatic heterocycles. The van der Waals surface area contributed by atoms with Crippen molar-refractivity contribution in [2.24, 2.45) is 0 Å². The number of fused-ring (bicyclic) bond motifs is 1. The van der Waals surface area contributed by atoms with Crippen LogP contribution in [0, 0.1) is 12.7 Å². The third-order valence-electron chi connectivity index (χ3n) is 4.40. The van der Waals surface area contributed by atoms with Crippen LogP contribution in [0.4, 0.5) is 4.39 Å². The zero-order valence-corrected chi connectivity index (χ0v) is 14.2. The number of rotatable bonds is 5. The van der Waals surface area contributed by atoms with Crippen molar-refractivity contribution in [3.05, 3.63) is 46.5 Å². The molecule has 0 aliphatic heterocycles. The number of halogens is 1. The number of amides is 1. The molecule has 0 saturated carbocycles. The number of aliphatic carboxylic acids is 1. The molecule has 1 unspecified atom stereocenters. The number of hydrogen-bond acceptors (Lipinski definition) is 3. The van der Waals surface area contributed by atoms with Crippen LogP contribution in [0.1, 0.15) is 47.1 Å². The zero-order chi connectivity index (χ0) is 18.1. The summed E-state index contributed by atoms with van der Waals surface area (Å²) in [7, 11) is 0. The molecule has 6 nitrogen and oxygen atoms in total. The molecule has 0 spiro atoms. The number of carboxylic acids is 1. The van der Waals surface area contributed by atoms with Crippen LogP contribution >= 0.6 is 0 Å². The summed E-state index contributed by atoms with van der Waals surface area (Å²) in [5, 5.41) is 15.9. The van der Waals surface area contributed by atoms with E-state index in [2.05, 4.69) is 10.4 Å². The van der Waals surface area contributed by atoms with Gasteiger partial charge in [0.2, 0.25) is 0 Å². The predicted octanol–water partition coefficient (Wildman–Crippen LogP) is 2.40. The van der Waals surface area contributed by atoms with Crippen LogP contribution in [0.3, 0.4) is 0 Å². The summed E-state index contributed by atoms with van der Waals surface area (Å²) in [5.41, 5.74) is 3.03. The zero-order valence-electron chi connectivity index (χ0n) is 14.2. The fraction of sp³-hybridized carbons (Fsp3) is 0.389. The highest BCUT2D eigenvalue weighted by atomic mass is 19.1. The van der Waals surface area contributed by atoms with Crippen LogP contribution in [-0.4, -0.2) is 32.8 Å². The van der Waals surface area contributed by atoms with E-state index in [1.165, 1.54) is 10.7 Å². The van der Waals surface area contributed by atoms with Crippen molar-refractivity contribution in [3.8, 4) is 5.69 Å². The molecule has 0 radical (unpaired) electrons. The van der Waals surface area contributed by atoms with Crippen LogP contribution in [0.5, 0.6) is 0 Å². The van der Waals surface area contributed by atoms with Crippen molar-refractivity contribution >= 4 is 11.9 Å². The Morgan fingerprint density at radius 2 is 2.16 bits per heavy atom. The van der Waals surface area contributed by atoms with Gasteiger partial charge in [0, 0.05) is 17.3 Å². The van der Waals surface area contributed by atoms with Crippen molar-refractivity contribution in [1.82, 2.24) is 15.1 Å². The van der Waals surface area contributed by atoms with Crippen molar-refractivity contribution in [2.45, 2.75) is 45.6 Å². The summed E-state index contributed by atoms with van der Waals surface area (Å²) in [4.78, 5) is 23.3. The lowest BCUT2D eigenvalue weighted by molar-refractivity contribution is -0.137. The van der Waals surface area contributed by atoms with Crippen LogP contribution < -0.4 is 5.32 Å². The molecule has 1 heterocycles. The van der Waals surface area contributed by atoms with E-state index in [4.69, 9.17) is 5.11 Å². The van der Waals surface area contributed by atoms with Crippen molar-refractivity contribution in [3.63, 3.8) is 0 Å². The molecule has 132 valence electrons. The van der Waals surface area contributed by atoms with Crippen molar-refractivity contribution < 1.29 is 19.1 Å². The molecule has 0 fully saturated rings. The fourth-order valence-corrected chi connectivity index (χ4v) is 3.30. The van der Waals surface area contributed by atoms with E-state index in [-0.39, 0.29) is 17.9 Å². The van der Waals surface area contributed by atoms with Gasteiger partial charge in [-0.25, -0.2) is 9.07 Å². The molecule has 0 bridgehead atoms. The fourth-order valence-electron chi connectivity index (χ4n) is 3.30. The van der Waals surface area contributed by atoms with Gasteiger partial charge in [0.05, 0.1) is 6.42 Å². The highest BCUT2D eigenvalue weighted by Crippen LogP contribution is 2.30. The average Bonchev–Trinajstić information content (AvgIpc) is 3.09. The van der Waals surface area contributed by atoms with Crippen LogP contribution in [0.2, 0.25) is 0 Å². The minimum absolute atomic E-state index is 0.166. The Kier molecular flexibility index (Phi) is 4.57. The lowest BCUT2D eigenvalue weighted by Gasteiger charge is -2.11. The van der Waals surface area contributed by atoms with Gasteiger partial charge in [-0.1, -0.05) is 12.1 Å². The first kappa shape index (κ1) is 17.1. The second kappa shape index (κ2) is 6.66. The molecule has 1 aliphatic carbocycles. The summed E-state index contributed by atoms with van der Waals surface area (Å²) < 4.78 is 15.9. The highest BCUT2D eigenvalue weighted by Gasteiger charge is 2.29. The molecule has 1 aromatic carbocycles. The summed E-state index contributed by atoms with van der Waals surface area (Å²) in [5.74, 6) is -1.78. The number of benzene rings is 1. The molecule has 3 rings (SSSR count). The number of carbonyl (C=O) groups is 2. The molecule has 2 N–H and O–H groups in total. The largest absolute Gasteiger partial charge is 0.481 e. The van der Waals surface area contributed by atoms with Gasteiger partial charge in [0.1, 0.15) is 11.5 Å². The van der Waals surface area contributed by atoms with Gasteiger partial charge >= 0.3 is 5.97 Å². The first-order chi connectivity index (χ1) is 11.9. The van der Waals surface area contributed by atoms with Gasteiger partial charge in [0.25, 0.3) is 5.91 Å². The maximum atomic E-state index is 14.3. The number of para-hydroxylation sites is 1. The third kappa shape index (κ3) is 3.26. The Morgan fingerprint density at radius 1 is 1.40 bits per heavy atom. The Morgan fingerprint density at radius 3 is 2.84 bits per heavy atom. The van der Waals surface area contributed by atoms with Gasteiger partial charge in [-0.05, 0) is 44.7 Å². The number of nitrogens with zero attached hydrogens (tertiary/aromatic N) is 2. The van der Waals surface area contributed by atoms with E-state index in [1.54, 1.807) is 26.0 Å². The monoisotopic (exact) mass is 345 g/mol. The van der Waals surface area contributed by atoms with Gasteiger partial charge in [-0.2, -0.15) is 5.10 Å². The van der Waals surface area contributed by atoms with E-state index in [0.29, 0.717) is 12.1 Å². The lowest BCUT2D eigenvalue weighted by atomic mass is 10.1. The van der Waals surface area contributed by atoms with E-state index in [9.17, 15) is 14.0 Å². The van der Waals surface area contributed by atoms with Gasteiger partial charge in [-0.15, -0.1) is 0 Å². The first-order valence-electron chi connectivity index (χ1n) is 8.27. The molecular formula is C18H20FN3O3. The average molecular weight is 345 g/mol. The molecule has 1 atom stereocenters. The SMILES string of the molecule is Cc1cccc(F)c1-n1nc(C(=O)NC(C)CC(=O)O)c2c1CCC2. The van der Waals surface area contributed by atoms with E-state index in [0.717, 1.165) is 29.7 Å². The number of aryl methyl sites for hydroxylation is 1. The topological polar surface area (TPSA) is 84.2 Å². The van der Waals surface area contributed by atoms with Crippen LogP contribution in [0.25, 0.3) is 5.69 Å². The smallest absolute Gasteiger partial charge is 0.305 e. The highest BCUT2D eigenvalue weighted by molar-refractivity contribution is 5.94. The Balaban J connectivity index is 1.98. The summed E-state index contributed by atoms with van der Waals surface area (Å²) in [6.45, 7) is 3.43. The normalized spacial score (nSPS) is 14.2. The van der Waals surface area contributed by atoms with Gasteiger partial charge in [0.15, 0.2) is 5.69 Å². The second-order valence-corrected chi connectivity index (χ2v) is 6.42. The molecule has 1 aliphatic rings.